The predicted molar refractivity (Wildman–Crippen MR) is 191 cm³/mol. The molecule has 0 spiro atoms. The smallest absolute Gasteiger partial charge is 0.294 e. The number of nitrogens with one attached hydrogen (secondary N) is 2. The average Bonchev–Trinajstić information content (AvgIpc) is 3.08. The number of hydrogen-bond donors (Lipinski definition) is 8. The molecule has 0 radical (unpaired) electrons. The van der Waals surface area contributed by atoms with Crippen LogP contribution in [0.15, 0.2) is 105 Å². The van der Waals surface area contributed by atoms with Crippen LogP contribution in [0.25, 0.3) is 32.3 Å². The van der Waals surface area contributed by atoms with E-state index < -0.39 is 68.4 Å². The molecule has 0 aliphatic rings. The maximum absolute atomic E-state index is 13.5. The number of amides is 2. The van der Waals surface area contributed by atoms with Gasteiger partial charge in [-0.05, 0) is 88.3 Å². The Hall–Kier alpha value is -5.40. The average molecular weight is 819 g/mol. The number of rotatable bonds is 10. The van der Waals surface area contributed by atoms with Crippen molar-refractivity contribution in [3.8, 4) is 11.5 Å². The topological polar surface area (TPSA) is 300 Å². The fraction of sp³-hybridized carbons (Fsp3) is 0. The number of hydrogen-bond acceptors (Lipinski definition) is 14. The Kier molecular flexibility index (Phi) is 10.0. The zero-order valence-electron chi connectivity index (χ0n) is 26.5. The normalized spacial score (nSPS) is 12.3. The molecule has 8 N–H and O–H groups in total. The zero-order valence-corrected chi connectivity index (χ0v) is 29.7. The zero-order chi connectivity index (χ0) is 39.3. The molecular formula is C32H22N2O16S4. The highest BCUT2D eigenvalue weighted by Gasteiger charge is 2.22. The second kappa shape index (κ2) is 14.1. The molecule has 18 nitrogen and oxygen atoms in total. The van der Waals surface area contributed by atoms with Gasteiger partial charge in [0, 0.05) is 32.9 Å². The van der Waals surface area contributed by atoms with Crippen LogP contribution < -0.4 is 10.6 Å². The van der Waals surface area contributed by atoms with Crippen molar-refractivity contribution in [1.29, 1.82) is 0 Å². The minimum Gasteiger partial charge on any atom is -0.507 e. The van der Waals surface area contributed by atoms with Crippen LogP contribution >= 0.6 is 12.0 Å². The molecule has 2 amide bonds. The molecule has 6 rings (SSSR count). The molecule has 54 heavy (non-hydrogen) atoms. The molecule has 0 atom stereocenters. The van der Waals surface area contributed by atoms with E-state index in [1.165, 1.54) is 42.5 Å². The number of phenols is 2. The molecule has 0 fully saturated rings. The standard InChI is InChI=1S/C32H22N2O16S4/c35-27-11-21(51-50-49-39)7-19-8-22(52(40,41)42)12-25(29(19)27)33-31(37)16-3-1-15-2-4-17(6-18(15)5-16)32(38)34-26-13-23(53(43,44)45)9-20-10-24(54(46,47)48)14-28(36)30(20)26/h1-14,35-36,39H,(H,33,37)(H,34,38)(H,40,41,42)(H,43,44,45)(H,46,47,48). The van der Waals surface area contributed by atoms with Crippen LogP contribution in [0.3, 0.4) is 0 Å². The van der Waals surface area contributed by atoms with E-state index in [1.54, 1.807) is 0 Å². The van der Waals surface area contributed by atoms with Gasteiger partial charge >= 0.3 is 0 Å². The Morgan fingerprint density at radius 2 is 0.963 bits per heavy atom. The fourth-order valence-electron chi connectivity index (χ4n) is 5.54. The molecule has 6 aromatic carbocycles. The number of anilines is 2. The number of carbonyl (C=O) groups excluding carboxylic acids is 2. The SMILES string of the molecule is O=C(Nc1cc(S(=O)(=O)O)cc2cc(SOOO)cc(O)c12)c1ccc2ccc(C(=O)Nc3cc(S(=O)(=O)O)cc4cc(S(=O)(=O)O)cc(O)c34)cc2c1. The molecular weight excluding hydrogens is 797 g/mol. The first-order valence-corrected chi connectivity index (χ1v) is 19.6. The largest absolute Gasteiger partial charge is 0.507 e. The summed E-state index contributed by atoms with van der Waals surface area (Å²) in [5.41, 5.74) is -0.657. The summed E-state index contributed by atoms with van der Waals surface area (Å²) < 4.78 is 105. The van der Waals surface area contributed by atoms with Crippen molar-refractivity contribution in [3.05, 3.63) is 96.1 Å². The molecule has 0 bridgehead atoms. The van der Waals surface area contributed by atoms with Crippen LogP contribution in [0.4, 0.5) is 11.4 Å². The molecule has 0 heterocycles. The van der Waals surface area contributed by atoms with Crippen LogP contribution in [-0.2, 0) is 39.7 Å². The van der Waals surface area contributed by atoms with E-state index in [0.717, 1.165) is 36.4 Å². The van der Waals surface area contributed by atoms with E-state index in [1.807, 2.05) is 0 Å². The Morgan fingerprint density at radius 1 is 0.537 bits per heavy atom. The van der Waals surface area contributed by atoms with E-state index in [-0.39, 0.29) is 48.9 Å². The molecule has 6 aromatic rings. The highest BCUT2D eigenvalue weighted by molar-refractivity contribution is 7.94. The summed E-state index contributed by atoms with van der Waals surface area (Å²) in [5.74, 6) is -2.91. The second-order valence-corrected chi connectivity index (χ2v) is 16.4. The third kappa shape index (κ3) is 7.92. The monoisotopic (exact) mass is 818 g/mol. The van der Waals surface area contributed by atoms with Crippen LogP contribution in [0, 0.1) is 0 Å². The lowest BCUT2D eigenvalue weighted by Gasteiger charge is -2.14. The Morgan fingerprint density at radius 3 is 1.41 bits per heavy atom. The van der Waals surface area contributed by atoms with Crippen LogP contribution in [0.1, 0.15) is 20.7 Å². The highest BCUT2D eigenvalue weighted by Crippen LogP contribution is 2.39. The predicted octanol–water partition coefficient (Wildman–Crippen LogP) is 5.23. The molecule has 0 saturated heterocycles. The number of aromatic hydroxyl groups is 2. The molecule has 0 aliphatic carbocycles. The van der Waals surface area contributed by atoms with Gasteiger partial charge in [0.15, 0.2) is 0 Å². The summed E-state index contributed by atoms with van der Waals surface area (Å²) in [6, 6.07) is 16.1. The number of fused-ring (bicyclic) bond motifs is 3. The molecule has 0 unspecified atom stereocenters. The van der Waals surface area contributed by atoms with E-state index in [4.69, 9.17) is 5.26 Å². The summed E-state index contributed by atoms with van der Waals surface area (Å²) in [4.78, 5) is 24.9. The van der Waals surface area contributed by atoms with Crippen molar-refractivity contribution in [2.45, 2.75) is 19.6 Å². The minimum atomic E-state index is -4.93. The van der Waals surface area contributed by atoms with Crippen LogP contribution in [0.2, 0.25) is 0 Å². The van der Waals surface area contributed by atoms with Gasteiger partial charge in [-0.1, -0.05) is 17.2 Å². The highest BCUT2D eigenvalue weighted by atomic mass is 32.2. The lowest BCUT2D eigenvalue weighted by Crippen LogP contribution is -2.14. The van der Waals surface area contributed by atoms with Crippen molar-refractivity contribution in [3.63, 3.8) is 0 Å². The summed E-state index contributed by atoms with van der Waals surface area (Å²) in [6.07, 6.45) is 0. The first-order valence-electron chi connectivity index (χ1n) is 14.6. The fourth-order valence-corrected chi connectivity index (χ4v) is 7.61. The number of carbonyl (C=O) groups is 2. The van der Waals surface area contributed by atoms with Crippen LogP contribution in [-0.4, -0.2) is 66.2 Å². The lowest BCUT2D eigenvalue weighted by molar-refractivity contribution is -0.432. The molecule has 0 aliphatic heterocycles. The van der Waals surface area contributed by atoms with Crippen molar-refractivity contribution in [2.24, 2.45) is 0 Å². The van der Waals surface area contributed by atoms with Gasteiger partial charge < -0.3 is 20.8 Å². The Balaban J connectivity index is 1.36. The van der Waals surface area contributed by atoms with Crippen molar-refractivity contribution in [2.75, 3.05) is 10.6 Å². The van der Waals surface area contributed by atoms with E-state index in [2.05, 4.69) is 20.0 Å². The van der Waals surface area contributed by atoms with Crippen LogP contribution in [0.5, 0.6) is 11.5 Å². The summed E-state index contributed by atoms with van der Waals surface area (Å²) in [7, 11) is -14.6. The van der Waals surface area contributed by atoms with Gasteiger partial charge in [-0.25, -0.2) is 5.26 Å². The quantitative estimate of drug-likeness (QED) is 0.0380. The summed E-state index contributed by atoms with van der Waals surface area (Å²) >= 11 is 0.454. The maximum atomic E-state index is 13.5. The van der Waals surface area contributed by atoms with Gasteiger partial charge in [-0.3, -0.25) is 23.2 Å². The van der Waals surface area contributed by atoms with Gasteiger partial charge in [-0.2, -0.15) is 25.3 Å². The summed E-state index contributed by atoms with van der Waals surface area (Å²) in [5, 5.41) is 38.6. The van der Waals surface area contributed by atoms with E-state index in [9.17, 15) is 58.7 Å². The first kappa shape index (κ1) is 38.3. The third-order valence-electron chi connectivity index (χ3n) is 7.87. The number of phenolic OH excluding ortho intramolecular Hbond substituents is 2. The van der Waals surface area contributed by atoms with Crippen molar-refractivity contribution < 1.29 is 73.3 Å². The Labute approximate surface area is 307 Å². The molecule has 0 saturated carbocycles. The maximum Gasteiger partial charge on any atom is 0.294 e. The van der Waals surface area contributed by atoms with Gasteiger partial charge in [0.2, 0.25) is 0 Å². The van der Waals surface area contributed by atoms with Gasteiger partial charge in [0.25, 0.3) is 42.2 Å². The third-order valence-corrected chi connectivity index (χ3v) is 10.9. The Bertz CT molecular complexity index is 2910. The lowest BCUT2D eigenvalue weighted by atomic mass is 10.0. The van der Waals surface area contributed by atoms with Gasteiger partial charge in [0.05, 0.1) is 38.1 Å². The summed E-state index contributed by atoms with van der Waals surface area (Å²) in [6.45, 7) is 0. The van der Waals surface area contributed by atoms with Crippen molar-refractivity contribution in [1.82, 2.24) is 0 Å². The molecule has 0 aromatic heterocycles. The second-order valence-electron chi connectivity index (χ2n) is 11.4. The molecule has 280 valence electrons. The van der Waals surface area contributed by atoms with E-state index in [0.29, 0.717) is 28.9 Å². The van der Waals surface area contributed by atoms with Gasteiger partial charge in [-0.15, -0.1) is 4.33 Å². The first-order chi connectivity index (χ1) is 25.2. The van der Waals surface area contributed by atoms with Crippen molar-refractivity contribution >= 4 is 97.9 Å². The minimum absolute atomic E-state index is 0.0166. The van der Waals surface area contributed by atoms with E-state index >= 15 is 0 Å². The number of benzene rings is 6. The molecule has 22 heteroatoms. The van der Waals surface area contributed by atoms with Gasteiger partial charge in [0.1, 0.15) is 11.5 Å².